The molecule has 0 bridgehead atoms. The molecule has 0 saturated carbocycles. The van der Waals surface area contributed by atoms with Crippen LogP contribution in [-0.4, -0.2) is 40.0 Å². The minimum absolute atomic E-state index is 0.187. The Bertz CT molecular complexity index is 630. The Morgan fingerprint density at radius 2 is 2.05 bits per heavy atom. The zero-order valence-corrected chi connectivity index (χ0v) is 12.8. The van der Waals surface area contributed by atoms with Gasteiger partial charge in [-0.15, -0.1) is 0 Å². The molecule has 6 heteroatoms. The molecule has 1 N–H and O–H groups in total. The molecule has 0 saturated heterocycles. The van der Waals surface area contributed by atoms with Crippen molar-refractivity contribution < 1.29 is 19.1 Å². The third kappa shape index (κ3) is 4.31. The normalized spacial score (nSPS) is 11.0. The minimum Gasteiger partial charge on any atom is -0.480 e. The second-order valence-electron chi connectivity index (χ2n) is 5.64. The van der Waals surface area contributed by atoms with Crippen molar-refractivity contribution in [2.24, 2.45) is 5.92 Å². The molecular formula is C16H20N2O4. The van der Waals surface area contributed by atoms with Crippen LogP contribution in [0.2, 0.25) is 0 Å². The number of para-hydroxylation sites is 2. The highest BCUT2D eigenvalue weighted by Crippen LogP contribution is 2.16. The first kappa shape index (κ1) is 16.0. The summed E-state index contributed by atoms with van der Waals surface area (Å²) in [4.78, 5) is 28.7. The molecule has 2 aromatic rings. The average Bonchev–Trinajstić information content (AvgIpc) is 2.85. The van der Waals surface area contributed by atoms with Crippen molar-refractivity contribution in [2.75, 3.05) is 13.1 Å². The second-order valence-corrected chi connectivity index (χ2v) is 5.64. The summed E-state index contributed by atoms with van der Waals surface area (Å²) >= 11 is 0. The molecule has 1 amide bonds. The number of aliphatic carboxylic acids is 1. The SMILES string of the molecule is CC(C)CN(CC(=O)O)C(=O)CCc1nc2ccccc2o1. The fourth-order valence-corrected chi connectivity index (χ4v) is 2.26. The van der Waals surface area contributed by atoms with Crippen LogP contribution in [0, 0.1) is 5.92 Å². The van der Waals surface area contributed by atoms with Crippen LogP contribution in [0.15, 0.2) is 28.7 Å². The van der Waals surface area contributed by atoms with Gasteiger partial charge in [-0.1, -0.05) is 26.0 Å². The third-order valence-electron chi connectivity index (χ3n) is 3.16. The van der Waals surface area contributed by atoms with Gasteiger partial charge in [0.25, 0.3) is 0 Å². The van der Waals surface area contributed by atoms with Gasteiger partial charge in [0.1, 0.15) is 12.1 Å². The Balaban J connectivity index is 1.98. The van der Waals surface area contributed by atoms with Crippen LogP contribution in [0.5, 0.6) is 0 Å². The Labute approximate surface area is 128 Å². The number of carbonyl (C=O) groups excluding carboxylic acids is 1. The van der Waals surface area contributed by atoms with Gasteiger partial charge in [0, 0.05) is 19.4 Å². The molecule has 1 aromatic heterocycles. The minimum atomic E-state index is -1.00. The number of carboxylic acid groups (broad SMARTS) is 1. The lowest BCUT2D eigenvalue weighted by Crippen LogP contribution is -2.38. The van der Waals surface area contributed by atoms with Crippen molar-refractivity contribution in [3.63, 3.8) is 0 Å². The summed E-state index contributed by atoms with van der Waals surface area (Å²) in [6, 6.07) is 7.40. The number of fused-ring (bicyclic) bond motifs is 1. The molecule has 1 heterocycles. The van der Waals surface area contributed by atoms with E-state index in [2.05, 4.69) is 4.98 Å². The number of nitrogens with zero attached hydrogens (tertiary/aromatic N) is 2. The first-order chi connectivity index (χ1) is 10.5. The van der Waals surface area contributed by atoms with Gasteiger partial charge in [-0.25, -0.2) is 4.98 Å². The topological polar surface area (TPSA) is 83.6 Å². The Morgan fingerprint density at radius 1 is 1.32 bits per heavy atom. The molecule has 0 aliphatic heterocycles. The molecule has 0 atom stereocenters. The average molecular weight is 304 g/mol. The summed E-state index contributed by atoms with van der Waals surface area (Å²) < 4.78 is 5.56. The van der Waals surface area contributed by atoms with Crippen molar-refractivity contribution in [3.8, 4) is 0 Å². The van der Waals surface area contributed by atoms with Crippen LogP contribution in [0.4, 0.5) is 0 Å². The molecule has 1 aromatic carbocycles. The van der Waals surface area contributed by atoms with Gasteiger partial charge in [-0.05, 0) is 18.1 Å². The second kappa shape index (κ2) is 7.06. The zero-order valence-electron chi connectivity index (χ0n) is 12.8. The Morgan fingerprint density at radius 3 is 2.68 bits per heavy atom. The zero-order chi connectivity index (χ0) is 16.1. The van der Waals surface area contributed by atoms with Gasteiger partial charge in [-0.2, -0.15) is 0 Å². The van der Waals surface area contributed by atoms with Crippen LogP contribution in [0.3, 0.4) is 0 Å². The third-order valence-corrected chi connectivity index (χ3v) is 3.16. The van der Waals surface area contributed by atoms with Gasteiger partial charge in [-0.3, -0.25) is 9.59 Å². The number of rotatable bonds is 7. The molecule has 6 nitrogen and oxygen atoms in total. The predicted octanol–water partition coefficient (Wildman–Crippen LogP) is 2.33. The fourth-order valence-electron chi connectivity index (χ4n) is 2.26. The van der Waals surface area contributed by atoms with Crippen molar-refractivity contribution in [1.29, 1.82) is 0 Å². The van der Waals surface area contributed by atoms with E-state index in [9.17, 15) is 9.59 Å². The standard InChI is InChI=1S/C16H20N2O4/c1-11(2)9-18(10-16(20)21)15(19)8-7-14-17-12-5-3-4-6-13(12)22-14/h3-6,11H,7-10H2,1-2H3,(H,20,21). The number of benzene rings is 1. The maximum atomic E-state index is 12.2. The van der Waals surface area contributed by atoms with E-state index in [1.807, 2.05) is 38.1 Å². The predicted molar refractivity (Wildman–Crippen MR) is 81.4 cm³/mol. The molecule has 2 rings (SSSR count). The lowest BCUT2D eigenvalue weighted by atomic mass is 10.2. The lowest BCUT2D eigenvalue weighted by Gasteiger charge is -2.22. The molecule has 22 heavy (non-hydrogen) atoms. The van der Waals surface area contributed by atoms with Gasteiger partial charge in [0.2, 0.25) is 5.91 Å². The number of aromatic nitrogens is 1. The van der Waals surface area contributed by atoms with E-state index in [0.717, 1.165) is 5.52 Å². The molecule has 0 radical (unpaired) electrons. The van der Waals surface area contributed by atoms with Crippen LogP contribution in [0.25, 0.3) is 11.1 Å². The fraction of sp³-hybridized carbons (Fsp3) is 0.438. The van der Waals surface area contributed by atoms with Gasteiger partial charge < -0.3 is 14.4 Å². The summed E-state index contributed by atoms with van der Waals surface area (Å²) in [6.45, 7) is 4.05. The molecule has 0 unspecified atom stereocenters. The van der Waals surface area contributed by atoms with E-state index in [1.165, 1.54) is 4.90 Å². The highest BCUT2D eigenvalue weighted by molar-refractivity contribution is 5.81. The maximum Gasteiger partial charge on any atom is 0.323 e. The number of hydrogen-bond acceptors (Lipinski definition) is 4. The molecule has 118 valence electrons. The number of amides is 1. The number of hydrogen-bond donors (Lipinski definition) is 1. The van der Waals surface area contributed by atoms with E-state index in [1.54, 1.807) is 0 Å². The van der Waals surface area contributed by atoms with E-state index in [-0.39, 0.29) is 24.8 Å². The van der Waals surface area contributed by atoms with Crippen molar-refractivity contribution in [1.82, 2.24) is 9.88 Å². The van der Waals surface area contributed by atoms with E-state index in [0.29, 0.717) is 24.4 Å². The first-order valence-electron chi connectivity index (χ1n) is 7.29. The Kier molecular flexibility index (Phi) is 5.14. The van der Waals surface area contributed by atoms with Crippen molar-refractivity contribution >= 4 is 23.0 Å². The van der Waals surface area contributed by atoms with Gasteiger partial charge >= 0.3 is 5.97 Å². The largest absolute Gasteiger partial charge is 0.480 e. The summed E-state index contributed by atoms with van der Waals surface area (Å²) in [7, 11) is 0. The quantitative estimate of drug-likeness (QED) is 0.848. The number of oxazole rings is 1. The summed E-state index contributed by atoms with van der Waals surface area (Å²) in [6.07, 6.45) is 0.550. The number of aryl methyl sites for hydroxylation is 1. The van der Waals surface area contributed by atoms with Crippen LogP contribution >= 0.6 is 0 Å². The molecule has 0 aliphatic carbocycles. The van der Waals surface area contributed by atoms with Crippen molar-refractivity contribution in [2.45, 2.75) is 26.7 Å². The molecule has 0 spiro atoms. The van der Waals surface area contributed by atoms with Crippen LogP contribution < -0.4 is 0 Å². The summed E-state index contributed by atoms with van der Waals surface area (Å²) in [5, 5.41) is 8.90. The van der Waals surface area contributed by atoms with E-state index in [4.69, 9.17) is 9.52 Å². The lowest BCUT2D eigenvalue weighted by molar-refractivity contribution is -0.144. The van der Waals surface area contributed by atoms with Gasteiger partial charge in [0.05, 0.1) is 0 Å². The van der Waals surface area contributed by atoms with Crippen LogP contribution in [-0.2, 0) is 16.0 Å². The molecule has 0 fully saturated rings. The highest BCUT2D eigenvalue weighted by atomic mass is 16.4. The number of carbonyl (C=O) groups is 2. The van der Waals surface area contributed by atoms with Crippen LogP contribution in [0.1, 0.15) is 26.2 Å². The summed E-state index contributed by atoms with van der Waals surface area (Å²) in [5.74, 6) is -0.490. The molecular weight excluding hydrogens is 284 g/mol. The maximum absolute atomic E-state index is 12.2. The first-order valence-corrected chi connectivity index (χ1v) is 7.29. The number of carboxylic acids is 1. The highest BCUT2D eigenvalue weighted by Gasteiger charge is 2.18. The van der Waals surface area contributed by atoms with E-state index < -0.39 is 5.97 Å². The molecule has 0 aliphatic rings. The monoisotopic (exact) mass is 304 g/mol. The van der Waals surface area contributed by atoms with Crippen molar-refractivity contribution in [3.05, 3.63) is 30.2 Å². The summed E-state index contributed by atoms with van der Waals surface area (Å²) in [5.41, 5.74) is 1.45. The smallest absolute Gasteiger partial charge is 0.323 e. The Hall–Kier alpha value is -2.37. The van der Waals surface area contributed by atoms with E-state index >= 15 is 0 Å². The van der Waals surface area contributed by atoms with Gasteiger partial charge in [0.15, 0.2) is 11.5 Å².